The van der Waals surface area contributed by atoms with Gasteiger partial charge in [-0.25, -0.2) is 0 Å². The third-order valence-electron chi connectivity index (χ3n) is 3.81. The average molecular weight is 464 g/mol. The zero-order valence-corrected chi connectivity index (χ0v) is 17.4. The van der Waals surface area contributed by atoms with E-state index in [1.165, 1.54) is 0 Å². The van der Waals surface area contributed by atoms with Crippen molar-refractivity contribution in [3.8, 4) is 5.75 Å². The number of rotatable bonds is 7. The van der Waals surface area contributed by atoms with Gasteiger partial charge in [0.25, 0.3) is 5.91 Å². The number of nitrogens with zero attached hydrogens (tertiary/aromatic N) is 1. The molecule has 28 heavy (non-hydrogen) atoms. The molecule has 0 fully saturated rings. The fourth-order valence-corrected chi connectivity index (χ4v) is 3.54. The minimum Gasteiger partial charge on any atom is -0.467 e. The molecule has 1 amide bonds. The minimum atomic E-state index is -3.63. The van der Waals surface area contributed by atoms with Crippen LogP contribution in [0.25, 0.3) is 0 Å². The molecule has 0 atom stereocenters. The Kier molecular flexibility index (Phi) is 6.21. The third kappa shape index (κ3) is 5.71. The molecule has 0 aliphatic heterocycles. The molecule has 0 spiro atoms. The van der Waals surface area contributed by atoms with Crippen molar-refractivity contribution in [1.29, 1.82) is 0 Å². The van der Waals surface area contributed by atoms with Crippen LogP contribution in [0.5, 0.6) is 5.75 Å². The van der Waals surface area contributed by atoms with Crippen molar-refractivity contribution in [2.45, 2.75) is 13.1 Å². The standard InChI is InChI=1S/C20H18BrNO5S/c1-28(24,25)27-18-8-2-5-15(11-18)13-22(14-19-9-4-10-26-19)20(23)16-6-3-7-17(21)12-16/h2-12H,13-14H2,1H3. The molecule has 0 saturated heterocycles. The van der Waals surface area contributed by atoms with E-state index in [9.17, 15) is 13.2 Å². The van der Waals surface area contributed by atoms with Crippen LogP contribution in [0.3, 0.4) is 0 Å². The first kappa shape index (κ1) is 20.2. The van der Waals surface area contributed by atoms with Crippen LogP contribution >= 0.6 is 15.9 Å². The van der Waals surface area contributed by atoms with Crippen LogP contribution in [-0.2, 0) is 23.2 Å². The smallest absolute Gasteiger partial charge is 0.306 e. The van der Waals surface area contributed by atoms with Gasteiger partial charge in [0.1, 0.15) is 11.5 Å². The number of halogens is 1. The topological polar surface area (TPSA) is 76.8 Å². The second-order valence-electron chi connectivity index (χ2n) is 6.19. The molecule has 1 aromatic heterocycles. The predicted molar refractivity (Wildman–Crippen MR) is 108 cm³/mol. The highest BCUT2D eigenvalue weighted by Crippen LogP contribution is 2.20. The molecule has 2 aromatic carbocycles. The Hall–Kier alpha value is -2.58. The molecule has 0 unspecified atom stereocenters. The maximum Gasteiger partial charge on any atom is 0.306 e. The van der Waals surface area contributed by atoms with E-state index >= 15 is 0 Å². The van der Waals surface area contributed by atoms with Crippen LogP contribution in [0.1, 0.15) is 21.7 Å². The fourth-order valence-electron chi connectivity index (χ4n) is 2.69. The van der Waals surface area contributed by atoms with Crippen LogP contribution in [0, 0.1) is 0 Å². The lowest BCUT2D eigenvalue weighted by Gasteiger charge is -2.22. The lowest BCUT2D eigenvalue weighted by atomic mass is 10.1. The minimum absolute atomic E-state index is 0.174. The Morgan fingerprint density at radius 1 is 1.07 bits per heavy atom. The quantitative estimate of drug-likeness (QED) is 0.490. The highest BCUT2D eigenvalue weighted by Gasteiger charge is 2.18. The summed E-state index contributed by atoms with van der Waals surface area (Å²) < 4.78 is 33.9. The molecular weight excluding hydrogens is 446 g/mol. The van der Waals surface area contributed by atoms with E-state index in [4.69, 9.17) is 8.60 Å². The molecule has 0 aliphatic carbocycles. The van der Waals surface area contributed by atoms with Gasteiger partial charge in [-0.3, -0.25) is 4.79 Å². The van der Waals surface area contributed by atoms with Gasteiger partial charge >= 0.3 is 10.1 Å². The van der Waals surface area contributed by atoms with Crippen LogP contribution in [0.4, 0.5) is 0 Å². The van der Waals surface area contributed by atoms with E-state index in [2.05, 4.69) is 15.9 Å². The predicted octanol–water partition coefficient (Wildman–Crippen LogP) is 4.22. The van der Waals surface area contributed by atoms with Crippen LogP contribution in [-0.4, -0.2) is 25.5 Å². The number of amides is 1. The first-order valence-electron chi connectivity index (χ1n) is 8.36. The molecular formula is C20H18BrNO5S. The number of carbonyl (C=O) groups excluding carboxylic acids is 1. The molecule has 3 aromatic rings. The van der Waals surface area contributed by atoms with Crippen molar-refractivity contribution in [2.24, 2.45) is 0 Å². The van der Waals surface area contributed by atoms with Crippen molar-refractivity contribution in [2.75, 3.05) is 6.26 Å². The van der Waals surface area contributed by atoms with Crippen LogP contribution in [0.15, 0.2) is 75.8 Å². The maximum absolute atomic E-state index is 13.1. The molecule has 146 valence electrons. The normalized spacial score (nSPS) is 11.2. The Balaban J connectivity index is 1.87. The van der Waals surface area contributed by atoms with Gasteiger partial charge in [0.2, 0.25) is 0 Å². The molecule has 6 nitrogen and oxygen atoms in total. The second-order valence-corrected chi connectivity index (χ2v) is 8.68. The van der Waals surface area contributed by atoms with Crippen molar-refractivity contribution >= 4 is 32.0 Å². The van der Waals surface area contributed by atoms with Gasteiger partial charge < -0.3 is 13.5 Å². The summed E-state index contributed by atoms with van der Waals surface area (Å²) in [6.45, 7) is 0.530. The molecule has 0 saturated carbocycles. The lowest BCUT2D eigenvalue weighted by Crippen LogP contribution is -2.30. The lowest BCUT2D eigenvalue weighted by molar-refractivity contribution is 0.0717. The average Bonchev–Trinajstić information content (AvgIpc) is 3.12. The first-order chi connectivity index (χ1) is 13.3. The van der Waals surface area contributed by atoms with Crippen LogP contribution < -0.4 is 4.18 Å². The molecule has 1 heterocycles. The van der Waals surface area contributed by atoms with Gasteiger partial charge in [-0.05, 0) is 48.0 Å². The van der Waals surface area contributed by atoms with Gasteiger partial charge in [0.05, 0.1) is 19.1 Å². The SMILES string of the molecule is CS(=O)(=O)Oc1cccc(CN(Cc2ccco2)C(=O)c2cccc(Br)c2)c1. The van der Waals surface area contributed by atoms with E-state index in [0.29, 0.717) is 11.3 Å². The van der Waals surface area contributed by atoms with Crippen molar-refractivity contribution in [1.82, 2.24) is 4.90 Å². The van der Waals surface area contributed by atoms with Gasteiger partial charge in [-0.15, -0.1) is 0 Å². The summed E-state index contributed by atoms with van der Waals surface area (Å²) in [6, 6.07) is 17.3. The summed E-state index contributed by atoms with van der Waals surface area (Å²) >= 11 is 3.38. The molecule has 0 N–H and O–H groups in total. The van der Waals surface area contributed by atoms with E-state index in [0.717, 1.165) is 16.3 Å². The zero-order valence-electron chi connectivity index (χ0n) is 15.0. The number of benzene rings is 2. The van der Waals surface area contributed by atoms with Crippen LogP contribution in [0.2, 0.25) is 0 Å². The summed E-state index contributed by atoms with van der Waals surface area (Å²) in [5, 5.41) is 0. The van der Waals surface area contributed by atoms with E-state index < -0.39 is 10.1 Å². The number of hydrogen-bond donors (Lipinski definition) is 0. The van der Waals surface area contributed by atoms with Crippen molar-refractivity contribution in [3.05, 3.63) is 88.3 Å². The van der Waals surface area contributed by atoms with Gasteiger partial charge in [0, 0.05) is 16.6 Å². The highest BCUT2D eigenvalue weighted by atomic mass is 79.9. The van der Waals surface area contributed by atoms with Gasteiger partial charge in [-0.1, -0.05) is 34.1 Å². The largest absolute Gasteiger partial charge is 0.467 e. The van der Waals surface area contributed by atoms with E-state index in [-0.39, 0.29) is 24.7 Å². The van der Waals surface area contributed by atoms with Crippen molar-refractivity contribution in [3.63, 3.8) is 0 Å². The number of carbonyl (C=O) groups is 1. The van der Waals surface area contributed by atoms with Gasteiger partial charge in [-0.2, -0.15) is 8.42 Å². The summed E-state index contributed by atoms with van der Waals surface area (Å²) in [4.78, 5) is 14.7. The van der Waals surface area contributed by atoms with E-state index in [1.807, 2.05) is 6.07 Å². The number of furan rings is 1. The molecule has 0 aliphatic rings. The Bertz CT molecular complexity index is 1060. The summed E-state index contributed by atoms with van der Waals surface area (Å²) in [5.41, 5.74) is 1.26. The third-order valence-corrected chi connectivity index (χ3v) is 4.79. The Morgan fingerprint density at radius 3 is 2.54 bits per heavy atom. The van der Waals surface area contributed by atoms with Crippen molar-refractivity contribution < 1.29 is 21.8 Å². The van der Waals surface area contributed by atoms with Gasteiger partial charge in [0.15, 0.2) is 0 Å². The Labute approximate surface area is 172 Å². The second kappa shape index (κ2) is 8.62. The first-order valence-corrected chi connectivity index (χ1v) is 11.0. The molecule has 3 rings (SSSR count). The summed E-state index contributed by atoms with van der Waals surface area (Å²) in [5.74, 6) is 0.673. The maximum atomic E-state index is 13.1. The zero-order chi connectivity index (χ0) is 20.1. The number of hydrogen-bond acceptors (Lipinski definition) is 5. The van der Waals surface area contributed by atoms with E-state index in [1.54, 1.807) is 65.8 Å². The molecule has 8 heteroatoms. The molecule has 0 bridgehead atoms. The monoisotopic (exact) mass is 463 g/mol. The summed E-state index contributed by atoms with van der Waals surface area (Å²) in [6.07, 6.45) is 2.54. The summed E-state index contributed by atoms with van der Waals surface area (Å²) in [7, 11) is -3.63. The molecule has 0 radical (unpaired) electrons. The Morgan fingerprint density at radius 2 is 1.86 bits per heavy atom. The highest BCUT2D eigenvalue weighted by molar-refractivity contribution is 9.10. The fraction of sp³-hybridized carbons (Fsp3) is 0.150.